The van der Waals surface area contributed by atoms with Crippen molar-refractivity contribution in [2.24, 2.45) is 0 Å². The molecule has 1 N–H and O–H groups in total. The van der Waals surface area contributed by atoms with Crippen LogP contribution in [0.25, 0.3) is 6.08 Å². The molecule has 1 aromatic rings. The maximum atomic E-state index is 11.8. The molecule has 19 heavy (non-hydrogen) atoms. The zero-order valence-corrected chi connectivity index (χ0v) is 11.4. The summed E-state index contributed by atoms with van der Waals surface area (Å²) in [5, 5.41) is 9.20. The van der Waals surface area contributed by atoms with Crippen molar-refractivity contribution < 1.29 is 19.4 Å². The average Bonchev–Trinajstić information content (AvgIpc) is 2.41. The molecule has 0 saturated carbocycles. The first-order valence-electron chi connectivity index (χ1n) is 6.48. The van der Waals surface area contributed by atoms with E-state index in [1.165, 1.54) is 0 Å². The molecule has 0 unspecified atom stereocenters. The number of hydrogen-bond donors (Lipinski definition) is 1. The van der Waals surface area contributed by atoms with E-state index in [1.54, 1.807) is 30.3 Å². The van der Waals surface area contributed by atoms with E-state index in [2.05, 4.69) is 0 Å². The van der Waals surface area contributed by atoms with Gasteiger partial charge in [0.1, 0.15) is 5.75 Å². The van der Waals surface area contributed by atoms with E-state index in [1.807, 2.05) is 13.8 Å². The number of ether oxygens (including phenoxy) is 2. The first-order valence-corrected chi connectivity index (χ1v) is 6.48. The van der Waals surface area contributed by atoms with Crippen LogP contribution in [0.15, 0.2) is 30.0 Å². The van der Waals surface area contributed by atoms with Gasteiger partial charge in [-0.1, -0.05) is 25.5 Å². The number of phenolic OH excluding ortho intramolecular Hbond substituents is 1. The van der Waals surface area contributed by atoms with E-state index in [-0.39, 0.29) is 11.5 Å². The lowest BCUT2D eigenvalue weighted by molar-refractivity contribution is -0.143. The lowest BCUT2D eigenvalue weighted by atomic mass is 10.2. The third-order valence-electron chi connectivity index (χ3n) is 2.42. The Labute approximate surface area is 113 Å². The van der Waals surface area contributed by atoms with Crippen LogP contribution in [0.3, 0.4) is 0 Å². The minimum absolute atomic E-state index is 0.181. The molecule has 0 fully saturated rings. The van der Waals surface area contributed by atoms with E-state index in [9.17, 15) is 9.90 Å². The van der Waals surface area contributed by atoms with Gasteiger partial charge in [-0.15, -0.1) is 0 Å². The van der Waals surface area contributed by atoms with Gasteiger partial charge in [-0.3, -0.25) is 0 Å². The van der Waals surface area contributed by atoms with Crippen LogP contribution in [0, 0.1) is 0 Å². The van der Waals surface area contributed by atoms with Gasteiger partial charge in [0.05, 0.1) is 13.2 Å². The Bertz CT molecular complexity index is 420. The largest absolute Gasteiger partial charge is 0.508 e. The summed E-state index contributed by atoms with van der Waals surface area (Å²) in [4.78, 5) is 11.8. The minimum atomic E-state index is -0.455. The van der Waals surface area contributed by atoms with Crippen LogP contribution in [0.4, 0.5) is 0 Å². The second kappa shape index (κ2) is 8.19. The van der Waals surface area contributed by atoms with Crippen molar-refractivity contribution in [2.75, 3.05) is 13.2 Å². The van der Waals surface area contributed by atoms with Crippen LogP contribution < -0.4 is 0 Å². The fraction of sp³-hybridized carbons (Fsp3) is 0.400. The Morgan fingerprint density at radius 3 is 2.47 bits per heavy atom. The fourth-order valence-corrected chi connectivity index (χ4v) is 1.42. The fourth-order valence-electron chi connectivity index (χ4n) is 1.42. The van der Waals surface area contributed by atoms with Crippen LogP contribution in [0.5, 0.6) is 5.75 Å². The third kappa shape index (κ3) is 5.46. The Kier molecular flexibility index (Phi) is 6.50. The first-order chi connectivity index (χ1) is 9.17. The number of hydrogen-bond acceptors (Lipinski definition) is 4. The van der Waals surface area contributed by atoms with Gasteiger partial charge in [0.25, 0.3) is 0 Å². The molecule has 0 aromatic heterocycles. The van der Waals surface area contributed by atoms with Crippen molar-refractivity contribution in [1.82, 2.24) is 0 Å². The standard InChI is InChI=1S/C15H20O4/c1-3-5-10-19-15(17)14(18-4-2)11-12-6-8-13(16)9-7-12/h6-9,11,16H,3-5,10H2,1-2H3/b14-11-. The summed E-state index contributed by atoms with van der Waals surface area (Å²) >= 11 is 0. The third-order valence-corrected chi connectivity index (χ3v) is 2.42. The second-order valence-corrected chi connectivity index (χ2v) is 4.02. The van der Waals surface area contributed by atoms with E-state index in [4.69, 9.17) is 9.47 Å². The molecule has 0 saturated heterocycles. The quantitative estimate of drug-likeness (QED) is 0.356. The summed E-state index contributed by atoms with van der Waals surface area (Å²) in [6.45, 7) is 4.63. The van der Waals surface area contributed by atoms with Gasteiger partial charge >= 0.3 is 5.97 Å². The average molecular weight is 264 g/mol. The molecule has 1 rings (SSSR count). The van der Waals surface area contributed by atoms with E-state index < -0.39 is 5.97 Å². The van der Waals surface area contributed by atoms with Gasteiger partial charge in [0.2, 0.25) is 5.76 Å². The van der Waals surface area contributed by atoms with Crippen molar-refractivity contribution >= 4 is 12.0 Å². The normalized spacial score (nSPS) is 11.2. The number of carbonyl (C=O) groups is 1. The first kappa shape index (κ1) is 15.1. The minimum Gasteiger partial charge on any atom is -0.508 e. The monoisotopic (exact) mass is 264 g/mol. The molecule has 0 aliphatic rings. The highest BCUT2D eigenvalue weighted by molar-refractivity contribution is 5.91. The van der Waals surface area contributed by atoms with E-state index in [0.29, 0.717) is 13.2 Å². The molecule has 0 aliphatic heterocycles. The summed E-state index contributed by atoms with van der Waals surface area (Å²) in [5.74, 6) is -0.0895. The van der Waals surface area contributed by atoms with Crippen LogP contribution in [0.1, 0.15) is 32.3 Å². The molecule has 0 heterocycles. The van der Waals surface area contributed by atoms with Gasteiger partial charge in [-0.05, 0) is 37.1 Å². The van der Waals surface area contributed by atoms with Crippen molar-refractivity contribution in [3.8, 4) is 5.75 Å². The van der Waals surface area contributed by atoms with E-state index >= 15 is 0 Å². The van der Waals surface area contributed by atoms with Gasteiger partial charge in [0.15, 0.2) is 0 Å². The topological polar surface area (TPSA) is 55.8 Å². The molecular weight excluding hydrogens is 244 g/mol. The van der Waals surface area contributed by atoms with Gasteiger partial charge in [-0.2, -0.15) is 0 Å². The Morgan fingerprint density at radius 1 is 1.21 bits per heavy atom. The highest BCUT2D eigenvalue weighted by Crippen LogP contribution is 2.14. The van der Waals surface area contributed by atoms with Crippen LogP contribution in [-0.2, 0) is 14.3 Å². The van der Waals surface area contributed by atoms with Gasteiger partial charge < -0.3 is 14.6 Å². The van der Waals surface area contributed by atoms with E-state index in [0.717, 1.165) is 18.4 Å². The summed E-state index contributed by atoms with van der Waals surface area (Å²) in [7, 11) is 0. The van der Waals surface area contributed by atoms with Crippen LogP contribution in [0.2, 0.25) is 0 Å². The van der Waals surface area contributed by atoms with Crippen molar-refractivity contribution in [2.45, 2.75) is 26.7 Å². The molecule has 4 nitrogen and oxygen atoms in total. The molecule has 0 atom stereocenters. The molecule has 4 heteroatoms. The molecule has 104 valence electrons. The Balaban J connectivity index is 2.75. The van der Waals surface area contributed by atoms with Crippen molar-refractivity contribution in [1.29, 1.82) is 0 Å². The molecule has 1 aromatic carbocycles. The molecule has 0 radical (unpaired) electrons. The maximum Gasteiger partial charge on any atom is 0.373 e. The summed E-state index contributed by atoms with van der Waals surface area (Å²) in [5.41, 5.74) is 0.772. The zero-order chi connectivity index (χ0) is 14.1. The SMILES string of the molecule is CCCCOC(=O)/C(=C/c1ccc(O)cc1)OCC. The van der Waals surface area contributed by atoms with Crippen LogP contribution in [-0.4, -0.2) is 24.3 Å². The number of esters is 1. The lowest BCUT2D eigenvalue weighted by Gasteiger charge is -2.08. The number of phenols is 1. The number of unbranched alkanes of at least 4 members (excludes halogenated alkanes) is 1. The predicted molar refractivity (Wildman–Crippen MR) is 73.6 cm³/mol. The van der Waals surface area contributed by atoms with Crippen LogP contribution >= 0.6 is 0 Å². The smallest absolute Gasteiger partial charge is 0.373 e. The number of benzene rings is 1. The summed E-state index contributed by atoms with van der Waals surface area (Å²) < 4.78 is 10.4. The Hall–Kier alpha value is -1.97. The van der Waals surface area contributed by atoms with Gasteiger partial charge in [-0.25, -0.2) is 4.79 Å². The van der Waals surface area contributed by atoms with Crippen molar-refractivity contribution in [3.63, 3.8) is 0 Å². The Morgan fingerprint density at radius 2 is 1.89 bits per heavy atom. The maximum absolute atomic E-state index is 11.8. The highest BCUT2D eigenvalue weighted by atomic mass is 16.6. The number of rotatable bonds is 7. The predicted octanol–water partition coefficient (Wildman–Crippen LogP) is 3.11. The molecule has 0 bridgehead atoms. The second-order valence-electron chi connectivity index (χ2n) is 4.02. The summed E-state index contributed by atoms with van der Waals surface area (Å²) in [6, 6.07) is 6.51. The highest BCUT2D eigenvalue weighted by Gasteiger charge is 2.12. The molecule has 0 aliphatic carbocycles. The molecule has 0 amide bonds. The van der Waals surface area contributed by atoms with Crippen molar-refractivity contribution in [3.05, 3.63) is 35.6 Å². The number of carbonyl (C=O) groups excluding carboxylic acids is 1. The molecular formula is C15H20O4. The summed E-state index contributed by atoms with van der Waals surface area (Å²) in [6.07, 6.45) is 3.42. The lowest BCUT2D eigenvalue weighted by Crippen LogP contribution is -2.11. The van der Waals surface area contributed by atoms with Gasteiger partial charge in [0, 0.05) is 0 Å². The number of aromatic hydroxyl groups is 1. The molecule has 0 spiro atoms. The zero-order valence-electron chi connectivity index (χ0n) is 11.4.